The van der Waals surface area contributed by atoms with Crippen LogP contribution in [0.3, 0.4) is 0 Å². The van der Waals surface area contributed by atoms with Crippen molar-refractivity contribution in [2.75, 3.05) is 18.0 Å². The zero-order chi connectivity index (χ0) is 14.1. The summed E-state index contributed by atoms with van der Waals surface area (Å²) in [6.45, 7) is 3.56. The Morgan fingerprint density at radius 3 is 2.60 bits per heavy atom. The van der Waals surface area contributed by atoms with Gasteiger partial charge in [-0.15, -0.1) is 0 Å². The van der Waals surface area contributed by atoms with Gasteiger partial charge in [-0.05, 0) is 25.1 Å². The van der Waals surface area contributed by atoms with Crippen LogP contribution < -0.4 is 15.2 Å². The van der Waals surface area contributed by atoms with Gasteiger partial charge in [-0.1, -0.05) is 0 Å². The van der Waals surface area contributed by atoms with Crippen LogP contribution in [-0.2, 0) is 7.05 Å². The third-order valence-electron chi connectivity index (χ3n) is 3.66. The second-order valence-corrected chi connectivity index (χ2v) is 5.08. The molecule has 5 heteroatoms. The van der Waals surface area contributed by atoms with Crippen molar-refractivity contribution in [1.82, 2.24) is 9.55 Å². The number of pyridine rings is 2. The Labute approximate surface area is 117 Å². The maximum Gasteiger partial charge on any atom is 0.254 e. The van der Waals surface area contributed by atoms with Crippen LogP contribution in [0.15, 0.2) is 41.5 Å². The van der Waals surface area contributed by atoms with Gasteiger partial charge in [0, 0.05) is 36.9 Å². The summed E-state index contributed by atoms with van der Waals surface area (Å²) in [4.78, 5) is 17.9. The molecule has 0 amide bonds. The molecule has 0 atom stereocenters. The quantitative estimate of drug-likeness (QED) is 0.845. The Bertz CT molecular complexity index is 661. The van der Waals surface area contributed by atoms with Gasteiger partial charge in [0.25, 0.3) is 5.56 Å². The van der Waals surface area contributed by atoms with Crippen molar-refractivity contribution in [3.8, 4) is 5.75 Å². The predicted molar refractivity (Wildman–Crippen MR) is 77.3 cm³/mol. The highest BCUT2D eigenvalue weighted by molar-refractivity contribution is 5.47. The molecule has 3 rings (SSSR count). The summed E-state index contributed by atoms with van der Waals surface area (Å²) < 4.78 is 7.46. The zero-order valence-corrected chi connectivity index (χ0v) is 11.6. The largest absolute Gasteiger partial charge is 0.486 e. The topological polar surface area (TPSA) is 47.4 Å². The molecule has 1 fully saturated rings. The summed E-state index contributed by atoms with van der Waals surface area (Å²) in [6, 6.07) is 7.41. The molecular formula is C15H17N3O2. The van der Waals surface area contributed by atoms with E-state index in [-0.39, 0.29) is 11.7 Å². The van der Waals surface area contributed by atoms with Crippen molar-refractivity contribution < 1.29 is 4.74 Å². The minimum atomic E-state index is -0.0367. The van der Waals surface area contributed by atoms with E-state index in [1.807, 2.05) is 25.1 Å². The molecule has 0 aliphatic carbocycles. The summed E-state index contributed by atoms with van der Waals surface area (Å²) in [7, 11) is 1.76. The first-order chi connectivity index (χ1) is 9.63. The smallest absolute Gasteiger partial charge is 0.254 e. The van der Waals surface area contributed by atoms with Gasteiger partial charge >= 0.3 is 0 Å². The van der Waals surface area contributed by atoms with Crippen LogP contribution in [0, 0.1) is 6.92 Å². The molecule has 0 unspecified atom stereocenters. The van der Waals surface area contributed by atoms with E-state index in [2.05, 4.69) is 9.88 Å². The van der Waals surface area contributed by atoms with Crippen molar-refractivity contribution in [1.29, 1.82) is 0 Å². The maximum absolute atomic E-state index is 11.7. The van der Waals surface area contributed by atoms with E-state index in [0.29, 0.717) is 5.75 Å². The molecule has 0 radical (unpaired) electrons. The standard InChI is InChI=1S/C15H17N3O2/c1-11-7-13(8-15(19)17(11)2)20-14-9-18(10-14)12-3-5-16-6-4-12/h3-8,14H,9-10H2,1-2H3. The minimum absolute atomic E-state index is 0.0367. The third kappa shape index (κ3) is 2.39. The molecule has 1 aliphatic rings. The fourth-order valence-corrected chi connectivity index (χ4v) is 2.28. The second kappa shape index (κ2) is 5.00. The van der Waals surface area contributed by atoms with Crippen molar-refractivity contribution in [3.05, 3.63) is 52.7 Å². The summed E-state index contributed by atoms with van der Waals surface area (Å²) in [5, 5.41) is 0. The highest BCUT2D eigenvalue weighted by Gasteiger charge is 2.28. The van der Waals surface area contributed by atoms with Gasteiger partial charge in [-0.3, -0.25) is 9.78 Å². The Hall–Kier alpha value is -2.30. The van der Waals surface area contributed by atoms with E-state index in [0.717, 1.165) is 24.5 Å². The van der Waals surface area contributed by atoms with Crippen LogP contribution in [0.1, 0.15) is 5.69 Å². The number of nitrogens with zero attached hydrogens (tertiary/aromatic N) is 3. The van der Waals surface area contributed by atoms with Crippen molar-refractivity contribution in [3.63, 3.8) is 0 Å². The first-order valence-corrected chi connectivity index (χ1v) is 6.63. The van der Waals surface area contributed by atoms with Crippen LogP contribution in [0.4, 0.5) is 5.69 Å². The molecule has 2 aromatic heterocycles. The lowest BCUT2D eigenvalue weighted by atomic mass is 10.1. The molecular weight excluding hydrogens is 254 g/mol. The predicted octanol–water partition coefficient (Wildman–Crippen LogP) is 1.36. The van der Waals surface area contributed by atoms with Gasteiger partial charge in [-0.25, -0.2) is 0 Å². The molecule has 5 nitrogen and oxygen atoms in total. The normalized spacial score (nSPS) is 15.0. The van der Waals surface area contributed by atoms with Gasteiger partial charge in [0.2, 0.25) is 0 Å². The monoisotopic (exact) mass is 271 g/mol. The summed E-state index contributed by atoms with van der Waals surface area (Å²) in [5.74, 6) is 0.657. The summed E-state index contributed by atoms with van der Waals surface area (Å²) in [6.07, 6.45) is 3.70. The lowest BCUT2D eigenvalue weighted by molar-refractivity contribution is 0.167. The highest BCUT2D eigenvalue weighted by Crippen LogP contribution is 2.23. The van der Waals surface area contributed by atoms with Crippen molar-refractivity contribution >= 4 is 5.69 Å². The number of anilines is 1. The van der Waals surface area contributed by atoms with Crippen LogP contribution in [-0.4, -0.2) is 28.7 Å². The average molecular weight is 271 g/mol. The number of hydrogen-bond acceptors (Lipinski definition) is 4. The molecule has 104 valence electrons. The third-order valence-corrected chi connectivity index (χ3v) is 3.66. The van der Waals surface area contributed by atoms with Crippen molar-refractivity contribution in [2.24, 2.45) is 7.05 Å². The first kappa shape index (κ1) is 12.7. The van der Waals surface area contributed by atoms with E-state index in [1.54, 1.807) is 30.1 Å². The number of aromatic nitrogens is 2. The van der Waals surface area contributed by atoms with Crippen molar-refractivity contribution in [2.45, 2.75) is 13.0 Å². The second-order valence-electron chi connectivity index (χ2n) is 5.08. The molecule has 20 heavy (non-hydrogen) atoms. The van der Waals surface area contributed by atoms with Gasteiger partial charge < -0.3 is 14.2 Å². The molecule has 2 aromatic rings. The number of ether oxygens (including phenoxy) is 1. The fraction of sp³-hybridized carbons (Fsp3) is 0.333. The number of aryl methyl sites for hydroxylation is 1. The number of rotatable bonds is 3. The summed E-state index contributed by atoms with van der Waals surface area (Å²) in [5.41, 5.74) is 2.02. The molecule has 1 aliphatic heterocycles. The van der Waals surface area contributed by atoms with Gasteiger partial charge in [0.15, 0.2) is 0 Å². The molecule has 0 aromatic carbocycles. The SMILES string of the molecule is Cc1cc(OC2CN(c3ccncc3)C2)cc(=O)n1C. The molecule has 0 spiro atoms. The van der Waals surface area contributed by atoms with E-state index in [4.69, 9.17) is 4.74 Å². The zero-order valence-electron chi connectivity index (χ0n) is 11.6. The Kier molecular flexibility index (Phi) is 3.18. The van der Waals surface area contributed by atoms with Gasteiger partial charge in [-0.2, -0.15) is 0 Å². The lowest BCUT2D eigenvalue weighted by Gasteiger charge is -2.40. The molecule has 0 saturated carbocycles. The van der Waals surface area contributed by atoms with E-state index in [1.165, 1.54) is 0 Å². The average Bonchev–Trinajstić information content (AvgIpc) is 2.40. The number of hydrogen-bond donors (Lipinski definition) is 0. The highest BCUT2D eigenvalue weighted by atomic mass is 16.5. The maximum atomic E-state index is 11.7. The summed E-state index contributed by atoms with van der Waals surface area (Å²) >= 11 is 0. The molecule has 3 heterocycles. The van der Waals surface area contributed by atoms with Crippen LogP contribution in [0.25, 0.3) is 0 Å². The van der Waals surface area contributed by atoms with Crippen LogP contribution in [0.5, 0.6) is 5.75 Å². The fourth-order valence-electron chi connectivity index (χ4n) is 2.28. The molecule has 0 bridgehead atoms. The Balaban J connectivity index is 1.63. The van der Waals surface area contributed by atoms with E-state index >= 15 is 0 Å². The van der Waals surface area contributed by atoms with Crippen LogP contribution in [0.2, 0.25) is 0 Å². The van der Waals surface area contributed by atoms with Crippen LogP contribution >= 0.6 is 0 Å². The molecule has 1 saturated heterocycles. The Morgan fingerprint density at radius 2 is 1.95 bits per heavy atom. The first-order valence-electron chi connectivity index (χ1n) is 6.63. The van der Waals surface area contributed by atoms with Gasteiger partial charge in [0.1, 0.15) is 11.9 Å². The molecule has 0 N–H and O–H groups in total. The van der Waals surface area contributed by atoms with E-state index < -0.39 is 0 Å². The lowest BCUT2D eigenvalue weighted by Crippen LogP contribution is -2.54. The Morgan fingerprint density at radius 1 is 1.25 bits per heavy atom. The van der Waals surface area contributed by atoms with E-state index in [9.17, 15) is 4.79 Å². The van der Waals surface area contributed by atoms with Gasteiger partial charge in [0.05, 0.1) is 13.1 Å². The minimum Gasteiger partial charge on any atom is -0.486 e.